The van der Waals surface area contributed by atoms with E-state index in [4.69, 9.17) is 23.2 Å². The molecular weight excluding hydrogens is 438 g/mol. The predicted octanol–water partition coefficient (Wildman–Crippen LogP) is 6.25. The van der Waals surface area contributed by atoms with Crippen LogP contribution in [-0.4, -0.2) is 20.7 Å². The normalized spacial score (nSPS) is 10.9. The molecule has 0 aliphatic carbocycles. The summed E-state index contributed by atoms with van der Waals surface area (Å²) in [5.74, 6) is -0.505. The smallest absolute Gasteiger partial charge is 0.295 e. The maximum atomic E-state index is 13.4. The van der Waals surface area contributed by atoms with Crippen molar-refractivity contribution in [2.75, 3.05) is 5.32 Å². The van der Waals surface area contributed by atoms with Crippen molar-refractivity contribution in [3.8, 4) is 17.1 Å². The minimum absolute atomic E-state index is 0.0342. The Balaban J connectivity index is 1.80. The van der Waals surface area contributed by atoms with Crippen molar-refractivity contribution in [1.82, 2.24) is 14.8 Å². The maximum absolute atomic E-state index is 13.4. The lowest BCUT2D eigenvalue weighted by Gasteiger charge is -2.09. The van der Waals surface area contributed by atoms with Gasteiger partial charge in [0.2, 0.25) is 5.82 Å². The summed E-state index contributed by atoms with van der Waals surface area (Å²) in [6.45, 7) is 3.82. The molecule has 8 heteroatoms. The summed E-state index contributed by atoms with van der Waals surface area (Å²) in [4.78, 5) is 17.4. The third kappa shape index (κ3) is 4.31. The summed E-state index contributed by atoms with van der Waals surface area (Å²) in [5.41, 5.74) is 3.72. The minimum Gasteiger partial charge on any atom is -0.319 e. The van der Waals surface area contributed by atoms with Crippen LogP contribution in [0.4, 0.5) is 10.1 Å². The number of halogens is 3. The molecule has 0 unspecified atom stereocenters. The van der Waals surface area contributed by atoms with Gasteiger partial charge >= 0.3 is 0 Å². The first-order valence-corrected chi connectivity index (χ1v) is 10.1. The average Bonchev–Trinajstić information content (AvgIpc) is 3.19. The van der Waals surface area contributed by atoms with E-state index in [1.165, 1.54) is 16.8 Å². The molecule has 0 bridgehead atoms. The summed E-state index contributed by atoms with van der Waals surface area (Å²) < 4.78 is 14.9. The molecular formula is C23H17Cl2FN4O. The molecule has 1 amide bonds. The zero-order valence-electron chi connectivity index (χ0n) is 16.7. The Hall–Kier alpha value is -3.22. The number of nitrogens with zero attached hydrogens (tertiary/aromatic N) is 3. The largest absolute Gasteiger partial charge is 0.319 e. The zero-order valence-corrected chi connectivity index (χ0v) is 18.2. The molecule has 4 aromatic rings. The number of anilines is 1. The number of hydrogen-bond acceptors (Lipinski definition) is 3. The Bertz CT molecular complexity index is 1270. The lowest BCUT2D eigenvalue weighted by atomic mass is 10.1. The van der Waals surface area contributed by atoms with E-state index in [0.29, 0.717) is 32.8 Å². The molecule has 1 aromatic heterocycles. The highest BCUT2D eigenvalue weighted by Gasteiger charge is 2.20. The van der Waals surface area contributed by atoms with E-state index in [0.717, 1.165) is 11.1 Å². The van der Waals surface area contributed by atoms with Crippen LogP contribution in [0.3, 0.4) is 0 Å². The molecule has 4 rings (SSSR count). The summed E-state index contributed by atoms with van der Waals surface area (Å²) in [5, 5.41) is 8.01. The van der Waals surface area contributed by atoms with Gasteiger partial charge in [-0.25, -0.2) is 14.1 Å². The molecule has 0 saturated carbocycles. The lowest BCUT2D eigenvalue weighted by Crippen LogP contribution is -2.16. The number of rotatable bonds is 4. The fourth-order valence-electron chi connectivity index (χ4n) is 3.17. The maximum Gasteiger partial charge on any atom is 0.295 e. The highest BCUT2D eigenvalue weighted by molar-refractivity contribution is 6.42. The van der Waals surface area contributed by atoms with Crippen molar-refractivity contribution < 1.29 is 9.18 Å². The lowest BCUT2D eigenvalue weighted by molar-refractivity contribution is 0.101. The van der Waals surface area contributed by atoms with Crippen molar-refractivity contribution in [2.24, 2.45) is 0 Å². The van der Waals surface area contributed by atoms with Crippen LogP contribution in [0, 0.1) is 19.7 Å². The topological polar surface area (TPSA) is 59.8 Å². The van der Waals surface area contributed by atoms with Crippen LogP contribution in [0.1, 0.15) is 21.7 Å². The molecule has 5 nitrogen and oxygen atoms in total. The molecule has 31 heavy (non-hydrogen) atoms. The summed E-state index contributed by atoms with van der Waals surface area (Å²) in [7, 11) is 0. The second-order valence-corrected chi connectivity index (χ2v) is 7.81. The van der Waals surface area contributed by atoms with E-state index in [1.54, 1.807) is 30.3 Å². The first-order valence-electron chi connectivity index (χ1n) is 9.39. The minimum atomic E-state index is -0.459. The summed E-state index contributed by atoms with van der Waals surface area (Å²) in [6, 6.07) is 16.5. The van der Waals surface area contributed by atoms with Gasteiger partial charge in [0, 0.05) is 11.3 Å². The van der Waals surface area contributed by atoms with E-state index in [-0.39, 0.29) is 11.6 Å². The zero-order chi connectivity index (χ0) is 22.1. The number of aromatic nitrogens is 3. The van der Waals surface area contributed by atoms with Crippen molar-refractivity contribution in [3.63, 3.8) is 0 Å². The van der Waals surface area contributed by atoms with Gasteiger partial charge in [-0.15, -0.1) is 5.10 Å². The number of amides is 1. The van der Waals surface area contributed by atoms with Crippen LogP contribution in [0.2, 0.25) is 10.0 Å². The van der Waals surface area contributed by atoms with Crippen LogP contribution >= 0.6 is 23.2 Å². The second kappa shape index (κ2) is 8.49. The monoisotopic (exact) mass is 454 g/mol. The average molecular weight is 455 g/mol. The summed E-state index contributed by atoms with van der Waals surface area (Å²) in [6.07, 6.45) is 0. The van der Waals surface area contributed by atoms with Gasteiger partial charge in [0.05, 0.1) is 15.7 Å². The van der Waals surface area contributed by atoms with Crippen molar-refractivity contribution in [3.05, 3.63) is 93.5 Å². The Labute approximate surface area is 188 Å². The van der Waals surface area contributed by atoms with Gasteiger partial charge in [-0.2, -0.15) is 0 Å². The third-order valence-electron chi connectivity index (χ3n) is 4.78. The first kappa shape index (κ1) is 21.0. The van der Waals surface area contributed by atoms with Crippen molar-refractivity contribution in [2.45, 2.75) is 13.8 Å². The first-order chi connectivity index (χ1) is 14.8. The van der Waals surface area contributed by atoms with Crippen LogP contribution < -0.4 is 5.32 Å². The molecule has 0 atom stereocenters. The molecule has 0 aliphatic rings. The highest BCUT2D eigenvalue weighted by atomic mass is 35.5. The van der Waals surface area contributed by atoms with E-state index < -0.39 is 5.91 Å². The predicted molar refractivity (Wildman–Crippen MR) is 121 cm³/mol. The number of carbonyl (C=O) groups excluding carboxylic acids is 1. The van der Waals surface area contributed by atoms with Gasteiger partial charge in [0.25, 0.3) is 5.91 Å². The van der Waals surface area contributed by atoms with E-state index in [9.17, 15) is 9.18 Å². The molecule has 0 spiro atoms. The van der Waals surface area contributed by atoms with Crippen molar-refractivity contribution in [1.29, 1.82) is 0 Å². The Kier molecular flexibility index (Phi) is 5.76. The molecule has 0 aliphatic heterocycles. The fraction of sp³-hybridized carbons (Fsp3) is 0.0870. The van der Waals surface area contributed by atoms with Gasteiger partial charge in [-0.1, -0.05) is 41.4 Å². The Morgan fingerprint density at radius 1 is 0.968 bits per heavy atom. The molecule has 3 aromatic carbocycles. The van der Waals surface area contributed by atoms with Gasteiger partial charge in [0.15, 0.2) is 5.82 Å². The van der Waals surface area contributed by atoms with Crippen LogP contribution in [-0.2, 0) is 0 Å². The van der Waals surface area contributed by atoms with Gasteiger partial charge in [0.1, 0.15) is 5.82 Å². The number of nitrogens with one attached hydrogen (secondary N) is 1. The fourth-order valence-corrected chi connectivity index (χ4v) is 3.46. The van der Waals surface area contributed by atoms with Crippen LogP contribution in [0.5, 0.6) is 0 Å². The highest BCUT2D eigenvalue weighted by Crippen LogP contribution is 2.28. The Morgan fingerprint density at radius 2 is 1.65 bits per heavy atom. The van der Waals surface area contributed by atoms with E-state index >= 15 is 0 Å². The number of benzene rings is 3. The van der Waals surface area contributed by atoms with Gasteiger partial charge in [-0.3, -0.25) is 4.79 Å². The molecule has 0 fully saturated rings. The quantitative estimate of drug-likeness (QED) is 0.396. The van der Waals surface area contributed by atoms with Crippen LogP contribution in [0.15, 0.2) is 60.7 Å². The molecule has 0 saturated heterocycles. The summed E-state index contributed by atoms with van der Waals surface area (Å²) >= 11 is 12.2. The van der Waals surface area contributed by atoms with Crippen molar-refractivity contribution >= 4 is 34.8 Å². The molecule has 0 radical (unpaired) electrons. The Morgan fingerprint density at radius 3 is 2.29 bits per heavy atom. The standard InChI is InChI=1S/C23H17Cl2FN4O/c1-13-4-3-5-14(2)20(13)27-23(31)21-28-22(15-6-8-16(26)9-7-15)30(29-21)17-10-11-18(24)19(25)12-17/h3-12H,1-2H3,(H,27,31). The van der Waals surface area contributed by atoms with E-state index in [2.05, 4.69) is 15.4 Å². The number of para-hydroxylation sites is 1. The number of aryl methyl sites for hydroxylation is 2. The van der Waals surface area contributed by atoms with Gasteiger partial charge < -0.3 is 5.32 Å². The van der Waals surface area contributed by atoms with Crippen LogP contribution in [0.25, 0.3) is 17.1 Å². The third-order valence-corrected chi connectivity index (χ3v) is 5.52. The second-order valence-electron chi connectivity index (χ2n) is 7.00. The number of carbonyl (C=O) groups is 1. The SMILES string of the molecule is Cc1cccc(C)c1NC(=O)c1nc(-c2ccc(F)cc2)n(-c2ccc(Cl)c(Cl)c2)n1. The molecule has 1 heterocycles. The van der Waals surface area contributed by atoms with Gasteiger partial charge in [-0.05, 0) is 67.4 Å². The molecule has 156 valence electrons. The molecule has 1 N–H and O–H groups in total. The van der Waals surface area contributed by atoms with E-state index in [1.807, 2.05) is 32.0 Å². The number of hydrogen-bond donors (Lipinski definition) is 1.